The molecule has 1 aromatic rings. The number of hydrogen-bond acceptors (Lipinski definition) is 3. The van der Waals surface area contributed by atoms with Crippen LogP contribution in [-0.2, 0) is 10.3 Å². The monoisotopic (exact) mass is 226 g/mol. The van der Waals surface area contributed by atoms with Gasteiger partial charge in [0.2, 0.25) is 0 Å². The summed E-state index contributed by atoms with van der Waals surface area (Å²) in [4.78, 5) is 1.07. The van der Waals surface area contributed by atoms with Crippen molar-refractivity contribution in [1.82, 2.24) is 0 Å². The highest BCUT2D eigenvalue weighted by Gasteiger charge is 2.42. The number of ether oxygens (including phenoxy) is 1. The molecule has 1 aliphatic heterocycles. The lowest BCUT2D eigenvalue weighted by molar-refractivity contribution is -0.156. The van der Waals surface area contributed by atoms with Crippen molar-refractivity contribution in [1.29, 1.82) is 0 Å². The molecule has 3 heteroatoms. The number of rotatable bonds is 2. The van der Waals surface area contributed by atoms with Gasteiger partial charge in [-0.05, 0) is 24.8 Å². The molecule has 1 aliphatic rings. The van der Waals surface area contributed by atoms with Crippen LogP contribution in [0.25, 0.3) is 0 Å². The molecule has 1 aromatic heterocycles. The first-order valence-electron chi connectivity index (χ1n) is 5.48. The molecular weight excluding hydrogens is 208 g/mol. The van der Waals surface area contributed by atoms with Gasteiger partial charge in [-0.25, -0.2) is 0 Å². The maximum Gasteiger partial charge on any atom is 0.104 e. The summed E-state index contributed by atoms with van der Waals surface area (Å²) in [6.07, 6.45) is 2.36. The van der Waals surface area contributed by atoms with Crippen molar-refractivity contribution in [2.75, 3.05) is 6.61 Å². The van der Waals surface area contributed by atoms with Crippen LogP contribution in [0.4, 0.5) is 0 Å². The van der Waals surface area contributed by atoms with Crippen molar-refractivity contribution in [2.45, 2.75) is 44.3 Å². The summed E-state index contributed by atoms with van der Waals surface area (Å²) in [5, 5.41) is 12.6. The summed E-state index contributed by atoms with van der Waals surface area (Å²) in [5.41, 5.74) is -0.839. The van der Waals surface area contributed by atoms with E-state index in [1.807, 2.05) is 17.5 Å². The van der Waals surface area contributed by atoms with Crippen LogP contribution in [0.1, 0.15) is 38.0 Å². The van der Waals surface area contributed by atoms with Gasteiger partial charge in [-0.15, -0.1) is 11.3 Å². The van der Waals surface area contributed by atoms with Gasteiger partial charge in [-0.3, -0.25) is 0 Å². The van der Waals surface area contributed by atoms with Gasteiger partial charge in [-0.2, -0.15) is 0 Å². The maximum atomic E-state index is 10.6. The molecule has 0 aliphatic carbocycles. The minimum atomic E-state index is -0.669. The lowest BCUT2D eigenvalue weighted by Gasteiger charge is -2.42. The van der Waals surface area contributed by atoms with Crippen LogP contribution >= 0.6 is 11.3 Å². The Kier molecular flexibility index (Phi) is 2.88. The average molecular weight is 226 g/mol. The SMILES string of the molecule is CCC1(C)CC(O)(c2cccs2)CCO1. The van der Waals surface area contributed by atoms with E-state index in [-0.39, 0.29) is 5.60 Å². The molecule has 1 N–H and O–H groups in total. The van der Waals surface area contributed by atoms with Gasteiger partial charge in [0, 0.05) is 17.7 Å². The van der Waals surface area contributed by atoms with Crippen molar-refractivity contribution < 1.29 is 9.84 Å². The molecule has 0 aromatic carbocycles. The quantitative estimate of drug-likeness (QED) is 0.840. The van der Waals surface area contributed by atoms with E-state index in [1.54, 1.807) is 11.3 Å². The van der Waals surface area contributed by atoms with Crippen LogP contribution in [0.5, 0.6) is 0 Å². The van der Waals surface area contributed by atoms with Gasteiger partial charge in [0.25, 0.3) is 0 Å². The van der Waals surface area contributed by atoms with Crippen molar-refractivity contribution in [3.8, 4) is 0 Å². The Bertz CT molecular complexity index is 322. The van der Waals surface area contributed by atoms with E-state index < -0.39 is 5.60 Å². The molecular formula is C12H18O2S. The summed E-state index contributed by atoms with van der Waals surface area (Å²) in [6, 6.07) is 4.02. The van der Waals surface area contributed by atoms with Gasteiger partial charge in [0.15, 0.2) is 0 Å². The summed E-state index contributed by atoms with van der Waals surface area (Å²) in [6.45, 7) is 4.85. The average Bonchev–Trinajstić information content (AvgIpc) is 2.71. The third kappa shape index (κ3) is 2.10. The van der Waals surface area contributed by atoms with Crippen molar-refractivity contribution in [3.63, 3.8) is 0 Å². The third-order valence-electron chi connectivity index (χ3n) is 3.36. The lowest BCUT2D eigenvalue weighted by atomic mass is 9.81. The molecule has 2 unspecified atom stereocenters. The minimum Gasteiger partial charge on any atom is -0.384 e. The van der Waals surface area contributed by atoms with Gasteiger partial charge in [0.05, 0.1) is 12.2 Å². The molecule has 1 fully saturated rings. The molecule has 84 valence electrons. The Hall–Kier alpha value is -0.380. The molecule has 0 amide bonds. The summed E-state index contributed by atoms with van der Waals surface area (Å²) in [5.74, 6) is 0. The van der Waals surface area contributed by atoms with Gasteiger partial charge < -0.3 is 9.84 Å². The van der Waals surface area contributed by atoms with Crippen LogP contribution in [0.3, 0.4) is 0 Å². The Morgan fingerprint density at radius 2 is 2.40 bits per heavy atom. The molecule has 15 heavy (non-hydrogen) atoms. The highest BCUT2D eigenvalue weighted by molar-refractivity contribution is 7.10. The normalized spacial score (nSPS) is 36.7. The molecule has 2 atom stereocenters. The van der Waals surface area contributed by atoms with Crippen LogP contribution in [0.15, 0.2) is 17.5 Å². The first-order chi connectivity index (χ1) is 7.08. The van der Waals surface area contributed by atoms with E-state index >= 15 is 0 Å². The summed E-state index contributed by atoms with van der Waals surface area (Å²) in [7, 11) is 0. The highest BCUT2D eigenvalue weighted by atomic mass is 32.1. The molecule has 2 heterocycles. The topological polar surface area (TPSA) is 29.5 Å². The fourth-order valence-corrected chi connectivity index (χ4v) is 3.06. The lowest BCUT2D eigenvalue weighted by Crippen LogP contribution is -2.44. The predicted octanol–water partition coefficient (Wildman–Crippen LogP) is 2.91. The summed E-state index contributed by atoms with van der Waals surface area (Å²) < 4.78 is 5.75. The molecule has 0 radical (unpaired) electrons. The molecule has 2 rings (SSSR count). The standard InChI is InChI=1S/C12H18O2S/c1-3-11(2)9-12(13,6-7-14-11)10-5-4-8-15-10/h4-5,8,13H,3,6-7,9H2,1-2H3. The predicted molar refractivity (Wildman–Crippen MR) is 62.1 cm³/mol. The van der Waals surface area contributed by atoms with Crippen molar-refractivity contribution >= 4 is 11.3 Å². The number of aliphatic hydroxyl groups is 1. The Labute approximate surface area is 94.9 Å². The minimum absolute atomic E-state index is 0.170. The van der Waals surface area contributed by atoms with Crippen molar-refractivity contribution in [3.05, 3.63) is 22.4 Å². The van der Waals surface area contributed by atoms with E-state index in [0.29, 0.717) is 19.4 Å². The molecule has 1 saturated heterocycles. The van der Waals surface area contributed by atoms with E-state index in [9.17, 15) is 5.11 Å². The zero-order chi connectivity index (χ0) is 10.9. The Morgan fingerprint density at radius 1 is 1.60 bits per heavy atom. The van der Waals surface area contributed by atoms with Crippen LogP contribution in [0, 0.1) is 0 Å². The van der Waals surface area contributed by atoms with Gasteiger partial charge in [-0.1, -0.05) is 13.0 Å². The largest absolute Gasteiger partial charge is 0.384 e. The molecule has 2 nitrogen and oxygen atoms in total. The van der Waals surface area contributed by atoms with Crippen LogP contribution < -0.4 is 0 Å². The Morgan fingerprint density at radius 3 is 3.00 bits per heavy atom. The van der Waals surface area contributed by atoms with E-state index in [0.717, 1.165) is 11.3 Å². The second kappa shape index (κ2) is 3.89. The second-order valence-electron chi connectivity index (χ2n) is 4.59. The summed E-state index contributed by atoms with van der Waals surface area (Å²) >= 11 is 1.63. The first kappa shape index (κ1) is 11.1. The number of thiophene rings is 1. The van der Waals surface area contributed by atoms with Gasteiger partial charge in [0.1, 0.15) is 5.60 Å². The highest BCUT2D eigenvalue weighted by Crippen LogP contribution is 2.42. The molecule has 0 saturated carbocycles. The first-order valence-corrected chi connectivity index (χ1v) is 6.36. The zero-order valence-electron chi connectivity index (χ0n) is 9.32. The fourth-order valence-electron chi connectivity index (χ4n) is 2.21. The van der Waals surface area contributed by atoms with E-state index in [1.165, 1.54) is 0 Å². The molecule has 0 spiro atoms. The number of hydrogen-bond donors (Lipinski definition) is 1. The second-order valence-corrected chi connectivity index (χ2v) is 5.54. The zero-order valence-corrected chi connectivity index (χ0v) is 10.1. The van der Waals surface area contributed by atoms with Gasteiger partial charge >= 0.3 is 0 Å². The van der Waals surface area contributed by atoms with E-state index in [2.05, 4.69) is 13.8 Å². The smallest absolute Gasteiger partial charge is 0.104 e. The fraction of sp³-hybridized carbons (Fsp3) is 0.667. The Balaban J connectivity index is 2.22. The molecule has 0 bridgehead atoms. The third-order valence-corrected chi connectivity index (χ3v) is 4.42. The van der Waals surface area contributed by atoms with E-state index in [4.69, 9.17) is 4.74 Å². The van der Waals surface area contributed by atoms with Crippen LogP contribution in [0.2, 0.25) is 0 Å². The van der Waals surface area contributed by atoms with Crippen LogP contribution in [-0.4, -0.2) is 17.3 Å². The van der Waals surface area contributed by atoms with Crippen molar-refractivity contribution in [2.24, 2.45) is 0 Å². The maximum absolute atomic E-state index is 10.6.